The number of aromatic nitrogens is 2. The molecule has 1 aromatic carbocycles. The number of pyridine rings is 1. The topological polar surface area (TPSA) is 82.9 Å². The maximum absolute atomic E-state index is 14.0. The standard InChI is InChI=1S/C28H33ClFN5O3/c1-33-7-5-22(6-8-33)32-27-11-24(25(29)12-31-27)20-10-26-28(37)35(23(17-38-2)15-34(26)13-20)14-19-9-21(30)4-3-18(19)16-36/h3-4,9-13,22-23,36H,5-8,14-17H2,1-2H3,(H,31,32)/t23-/m1/s1. The Balaban J connectivity index is 1.42. The van der Waals surface area contributed by atoms with E-state index in [1.165, 1.54) is 12.1 Å². The molecule has 4 heterocycles. The summed E-state index contributed by atoms with van der Waals surface area (Å²) in [6, 6.07) is 8.11. The van der Waals surface area contributed by atoms with Crippen LogP contribution >= 0.6 is 11.6 Å². The van der Waals surface area contributed by atoms with Crippen LogP contribution in [0.1, 0.15) is 34.5 Å². The first-order valence-electron chi connectivity index (χ1n) is 12.9. The molecule has 0 saturated carbocycles. The first kappa shape index (κ1) is 26.6. The second-order valence-corrected chi connectivity index (χ2v) is 10.6. The Morgan fingerprint density at radius 1 is 1.21 bits per heavy atom. The summed E-state index contributed by atoms with van der Waals surface area (Å²) in [6.07, 6.45) is 5.68. The van der Waals surface area contributed by atoms with Gasteiger partial charge in [0.05, 0.1) is 24.3 Å². The fourth-order valence-electron chi connectivity index (χ4n) is 5.34. The minimum absolute atomic E-state index is 0.168. The maximum atomic E-state index is 14.0. The normalized spacial score (nSPS) is 18.6. The fourth-order valence-corrected chi connectivity index (χ4v) is 5.56. The number of benzene rings is 1. The first-order valence-corrected chi connectivity index (χ1v) is 13.2. The summed E-state index contributed by atoms with van der Waals surface area (Å²) in [4.78, 5) is 22.2. The van der Waals surface area contributed by atoms with E-state index in [1.54, 1.807) is 24.3 Å². The smallest absolute Gasteiger partial charge is 0.271 e. The predicted octanol–water partition coefficient (Wildman–Crippen LogP) is 4.01. The number of aliphatic hydroxyl groups excluding tert-OH is 1. The van der Waals surface area contributed by atoms with Gasteiger partial charge in [-0.2, -0.15) is 0 Å². The molecule has 0 radical (unpaired) electrons. The van der Waals surface area contributed by atoms with Crippen molar-refractivity contribution in [2.45, 2.75) is 44.6 Å². The molecule has 202 valence electrons. The number of fused-ring (bicyclic) bond motifs is 1. The zero-order valence-electron chi connectivity index (χ0n) is 21.7. The van der Waals surface area contributed by atoms with E-state index in [4.69, 9.17) is 16.3 Å². The number of halogens is 2. The minimum Gasteiger partial charge on any atom is -0.392 e. The van der Waals surface area contributed by atoms with Crippen LogP contribution in [0.15, 0.2) is 42.7 Å². The first-order chi connectivity index (χ1) is 18.4. The van der Waals surface area contributed by atoms with Gasteiger partial charge in [0.2, 0.25) is 0 Å². The van der Waals surface area contributed by atoms with E-state index < -0.39 is 5.82 Å². The lowest BCUT2D eigenvalue weighted by Gasteiger charge is -2.36. The quantitative estimate of drug-likeness (QED) is 0.448. The summed E-state index contributed by atoms with van der Waals surface area (Å²) >= 11 is 6.57. The number of hydrogen-bond donors (Lipinski definition) is 2. The van der Waals surface area contributed by atoms with Crippen molar-refractivity contribution in [3.8, 4) is 11.1 Å². The van der Waals surface area contributed by atoms with E-state index in [2.05, 4.69) is 22.2 Å². The number of ether oxygens (including phenoxy) is 1. The van der Waals surface area contributed by atoms with E-state index in [0.29, 0.717) is 41.0 Å². The third-order valence-electron chi connectivity index (χ3n) is 7.50. The van der Waals surface area contributed by atoms with Gasteiger partial charge in [0.15, 0.2) is 0 Å². The highest BCUT2D eigenvalue weighted by molar-refractivity contribution is 6.33. The monoisotopic (exact) mass is 541 g/mol. The number of rotatable bonds is 8. The van der Waals surface area contributed by atoms with Crippen molar-refractivity contribution in [3.05, 3.63) is 70.4 Å². The number of carbonyl (C=O) groups is 1. The Labute approximate surface area is 227 Å². The maximum Gasteiger partial charge on any atom is 0.271 e. The van der Waals surface area contributed by atoms with Gasteiger partial charge in [0, 0.05) is 49.8 Å². The number of likely N-dealkylation sites (tertiary alicyclic amines) is 1. The SMILES string of the molecule is COC[C@H]1Cn2cc(-c3cc(NC4CCN(C)CC4)ncc3Cl)cc2C(=O)N1Cc1cc(F)ccc1CO. The van der Waals surface area contributed by atoms with E-state index in [1.807, 2.05) is 22.9 Å². The van der Waals surface area contributed by atoms with Gasteiger partial charge in [-0.1, -0.05) is 17.7 Å². The molecule has 3 aromatic rings. The molecule has 2 aliphatic rings. The molecule has 1 amide bonds. The number of aliphatic hydroxyl groups is 1. The van der Waals surface area contributed by atoms with Crippen molar-refractivity contribution in [2.24, 2.45) is 0 Å². The summed E-state index contributed by atoms with van der Waals surface area (Å²) in [7, 11) is 3.73. The lowest BCUT2D eigenvalue weighted by Crippen LogP contribution is -2.49. The third kappa shape index (κ3) is 5.56. The molecule has 5 rings (SSSR count). The van der Waals surface area contributed by atoms with Gasteiger partial charge < -0.3 is 29.5 Å². The average molecular weight is 542 g/mol. The van der Waals surface area contributed by atoms with E-state index in [9.17, 15) is 14.3 Å². The third-order valence-corrected chi connectivity index (χ3v) is 7.80. The van der Waals surface area contributed by atoms with Gasteiger partial charge in [-0.15, -0.1) is 0 Å². The zero-order valence-corrected chi connectivity index (χ0v) is 22.4. The molecule has 8 nitrogen and oxygen atoms in total. The van der Waals surface area contributed by atoms with Gasteiger partial charge in [-0.3, -0.25) is 4.79 Å². The fraction of sp³-hybridized carbons (Fsp3) is 0.429. The molecular weight excluding hydrogens is 509 g/mol. The zero-order chi connectivity index (χ0) is 26.8. The number of methoxy groups -OCH3 is 1. The second kappa shape index (κ2) is 11.4. The van der Waals surface area contributed by atoms with Crippen LogP contribution < -0.4 is 5.32 Å². The number of carbonyl (C=O) groups excluding carboxylic acids is 1. The Hall–Kier alpha value is -2.98. The van der Waals surface area contributed by atoms with E-state index >= 15 is 0 Å². The minimum atomic E-state index is -0.410. The number of amides is 1. The number of piperidine rings is 1. The molecule has 2 N–H and O–H groups in total. The van der Waals surface area contributed by atoms with Crippen molar-refractivity contribution in [2.75, 3.05) is 39.2 Å². The average Bonchev–Trinajstić information content (AvgIpc) is 3.33. The summed E-state index contributed by atoms with van der Waals surface area (Å²) in [6.45, 7) is 2.86. The molecule has 1 atom stereocenters. The predicted molar refractivity (Wildman–Crippen MR) is 145 cm³/mol. The Kier molecular flexibility index (Phi) is 7.99. The molecule has 0 unspecified atom stereocenters. The largest absolute Gasteiger partial charge is 0.392 e. The molecule has 0 spiro atoms. The van der Waals surface area contributed by atoms with Crippen LogP contribution in [0.25, 0.3) is 11.1 Å². The number of nitrogens with one attached hydrogen (secondary N) is 1. The van der Waals surface area contributed by atoms with Crippen LogP contribution in [0.4, 0.5) is 10.2 Å². The van der Waals surface area contributed by atoms with Crippen molar-refractivity contribution in [1.29, 1.82) is 0 Å². The van der Waals surface area contributed by atoms with Crippen LogP contribution in [0.5, 0.6) is 0 Å². The number of hydrogen-bond acceptors (Lipinski definition) is 6. The molecule has 0 bridgehead atoms. The molecule has 38 heavy (non-hydrogen) atoms. The molecule has 1 saturated heterocycles. The van der Waals surface area contributed by atoms with Gasteiger partial charge in [0.1, 0.15) is 17.3 Å². The number of anilines is 1. The highest BCUT2D eigenvalue weighted by atomic mass is 35.5. The Bertz CT molecular complexity index is 1310. The lowest BCUT2D eigenvalue weighted by atomic mass is 10.0. The van der Waals surface area contributed by atoms with Gasteiger partial charge in [-0.05, 0) is 68.4 Å². The van der Waals surface area contributed by atoms with Crippen molar-refractivity contribution >= 4 is 23.3 Å². The van der Waals surface area contributed by atoms with Crippen LogP contribution in [0.3, 0.4) is 0 Å². The summed E-state index contributed by atoms with van der Waals surface area (Å²) in [5.74, 6) is 0.163. The molecule has 2 aromatic heterocycles. The van der Waals surface area contributed by atoms with Crippen LogP contribution in [-0.4, -0.2) is 76.3 Å². The highest BCUT2D eigenvalue weighted by Gasteiger charge is 2.34. The van der Waals surface area contributed by atoms with Crippen LogP contribution in [0, 0.1) is 5.82 Å². The molecule has 0 aliphatic carbocycles. The molecule has 2 aliphatic heterocycles. The summed E-state index contributed by atoms with van der Waals surface area (Å²) in [5, 5.41) is 13.8. The van der Waals surface area contributed by atoms with Crippen molar-refractivity contribution in [3.63, 3.8) is 0 Å². The summed E-state index contributed by atoms with van der Waals surface area (Å²) < 4.78 is 21.4. The molecular formula is C28H33ClFN5O3. The molecule has 10 heteroatoms. The molecule has 1 fully saturated rings. The highest BCUT2D eigenvalue weighted by Crippen LogP contribution is 2.34. The van der Waals surface area contributed by atoms with Crippen LogP contribution in [0.2, 0.25) is 5.02 Å². The Morgan fingerprint density at radius 3 is 2.74 bits per heavy atom. The Morgan fingerprint density at radius 2 is 2.00 bits per heavy atom. The van der Waals surface area contributed by atoms with Gasteiger partial charge in [0.25, 0.3) is 5.91 Å². The second-order valence-electron chi connectivity index (χ2n) is 10.2. The van der Waals surface area contributed by atoms with E-state index in [-0.39, 0.29) is 25.1 Å². The van der Waals surface area contributed by atoms with Gasteiger partial charge in [-0.25, -0.2) is 9.37 Å². The van der Waals surface area contributed by atoms with E-state index in [0.717, 1.165) is 42.9 Å². The van der Waals surface area contributed by atoms with Crippen molar-refractivity contribution < 1.29 is 19.0 Å². The lowest BCUT2D eigenvalue weighted by molar-refractivity contribution is 0.0386. The van der Waals surface area contributed by atoms with Gasteiger partial charge >= 0.3 is 0 Å². The van der Waals surface area contributed by atoms with Crippen LogP contribution in [-0.2, 0) is 24.4 Å². The number of nitrogens with zero attached hydrogens (tertiary/aromatic N) is 4. The van der Waals surface area contributed by atoms with Crippen molar-refractivity contribution in [1.82, 2.24) is 19.4 Å². The summed E-state index contributed by atoms with van der Waals surface area (Å²) in [5.41, 5.74) is 3.31.